The zero-order valence-electron chi connectivity index (χ0n) is 11.7. The second-order valence-corrected chi connectivity index (χ2v) is 6.59. The van der Waals surface area contributed by atoms with E-state index in [0.717, 1.165) is 56.8 Å². The Balaban J connectivity index is 1.70. The van der Waals surface area contributed by atoms with Gasteiger partial charge in [0.05, 0.1) is 12.2 Å². The molecular weight excluding hydrogens is 272 g/mol. The summed E-state index contributed by atoms with van der Waals surface area (Å²) in [5.41, 5.74) is 1.16. The Hall–Kier alpha value is -1.20. The molecule has 5 heteroatoms. The number of rotatable bonds is 3. The summed E-state index contributed by atoms with van der Waals surface area (Å²) in [4.78, 5) is 14.3. The first-order valence-corrected chi connectivity index (χ1v) is 7.90. The number of fused-ring (bicyclic) bond motifs is 1. The number of nitrogens with zero attached hydrogens (tertiary/aromatic N) is 2. The van der Waals surface area contributed by atoms with Crippen LogP contribution < -0.4 is 9.64 Å². The molecule has 1 fully saturated rings. The number of carbonyl (C=O) groups is 1. The van der Waals surface area contributed by atoms with Gasteiger partial charge in [-0.05, 0) is 43.0 Å². The van der Waals surface area contributed by atoms with Gasteiger partial charge in [0.25, 0.3) is 0 Å². The van der Waals surface area contributed by atoms with Gasteiger partial charge in [0.15, 0.2) is 0 Å². The predicted molar refractivity (Wildman–Crippen MR) is 81.4 cm³/mol. The molecule has 2 heterocycles. The average Bonchev–Trinajstić information content (AvgIpc) is 2.47. The van der Waals surface area contributed by atoms with Crippen molar-refractivity contribution < 1.29 is 9.53 Å². The van der Waals surface area contributed by atoms with Crippen molar-refractivity contribution in [3.8, 4) is 5.75 Å². The molecule has 2 aliphatic rings. The van der Waals surface area contributed by atoms with Crippen molar-refractivity contribution in [2.45, 2.75) is 17.7 Å². The standard InChI is InChI=1S/C15H20N2O2S/c1-16-7-8-19-15-9-13(4-5-14(15)16)20-17-6-2-3-12(10-17)11-18/h4-5,9,11-12H,2-3,6-8,10H2,1H3. The van der Waals surface area contributed by atoms with Gasteiger partial charge in [0, 0.05) is 31.0 Å². The minimum atomic E-state index is 0.191. The Bertz CT molecular complexity index is 495. The molecule has 0 aromatic heterocycles. The maximum absolute atomic E-state index is 10.9. The quantitative estimate of drug-likeness (QED) is 0.631. The molecule has 0 aliphatic carbocycles. The van der Waals surface area contributed by atoms with Gasteiger partial charge >= 0.3 is 0 Å². The van der Waals surface area contributed by atoms with Crippen LogP contribution in [0, 0.1) is 5.92 Å². The number of hydrogen-bond acceptors (Lipinski definition) is 5. The van der Waals surface area contributed by atoms with E-state index in [9.17, 15) is 4.79 Å². The molecule has 20 heavy (non-hydrogen) atoms. The predicted octanol–water partition coefficient (Wildman–Crippen LogP) is 2.43. The van der Waals surface area contributed by atoms with E-state index >= 15 is 0 Å². The SMILES string of the molecule is CN1CCOc2cc(SN3CCCC(C=O)C3)ccc21. The zero-order valence-corrected chi connectivity index (χ0v) is 12.6. The van der Waals surface area contributed by atoms with E-state index in [0.29, 0.717) is 0 Å². The van der Waals surface area contributed by atoms with E-state index in [-0.39, 0.29) is 5.92 Å². The molecule has 3 rings (SSSR count). The molecule has 2 aliphatic heterocycles. The maximum atomic E-state index is 10.9. The lowest BCUT2D eigenvalue weighted by Gasteiger charge is -2.30. The van der Waals surface area contributed by atoms with E-state index in [1.165, 1.54) is 4.90 Å². The first kappa shape index (κ1) is 13.8. The van der Waals surface area contributed by atoms with Crippen molar-refractivity contribution >= 4 is 23.9 Å². The Labute approximate surface area is 124 Å². The number of benzene rings is 1. The number of ether oxygens (including phenoxy) is 1. The van der Waals surface area contributed by atoms with Crippen LogP contribution in [0.2, 0.25) is 0 Å². The summed E-state index contributed by atoms with van der Waals surface area (Å²) >= 11 is 1.73. The number of hydrogen-bond donors (Lipinski definition) is 0. The van der Waals surface area contributed by atoms with Crippen LogP contribution in [0.5, 0.6) is 5.75 Å². The topological polar surface area (TPSA) is 32.8 Å². The van der Waals surface area contributed by atoms with Gasteiger partial charge < -0.3 is 14.4 Å². The average molecular weight is 292 g/mol. The second-order valence-electron chi connectivity index (χ2n) is 5.42. The van der Waals surface area contributed by atoms with Crippen LogP contribution in [0.4, 0.5) is 5.69 Å². The highest BCUT2D eigenvalue weighted by Gasteiger charge is 2.21. The van der Waals surface area contributed by atoms with Crippen molar-refractivity contribution in [2.75, 3.05) is 38.2 Å². The third-order valence-electron chi connectivity index (χ3n) is 3.87. The Morgan fingerprint density at radius 2 is 2.30 bits per heavy atom. The van der Waals surface area contributed by atoms with E-state index in [4.69, 9.17) is 4.74 Å². The van der Waals surface area contributed by atoms with Gasteiger partial charge in [-0.2, -0.15) is 0 Å². The summed E-state index contributed by atoms with van der Waals surface area (Å²) in [6.45, 7) is 3.58. The summed E-state index contributed by atoms with van der Waals surface area (Å²) in [7, 11) is 2.09. The fourth-order valence-electron chi connectivity index (χ4n) is 2.71. The van der Waals surface area contributed by atoms with Crippen molar-refractivity contribution in [1.82, 2.24) is 4.31 Å². The zero-order chi connectivity index (χ0) is 13.9. The van der Waals surface area contributed by atoms with Gasteiger partial charge in [0.2, 0.25) is 0 Å². The number of piperidine rings is 1. The van der Waals surface area contributed by atoms with Crippen LogP contribution in [-0.2, 0) is 4.79 Å². The summed E-state index contributed by atoms with van der Waals surface area (Å²) < 4.78 is 8.02. The lowest BCUT2D eigenvalue weighted by Crippen LogP contribution is -2.31. The fraction of sp³-hybridized carbons (Fsp3) is 0.533. The van der Waals surface area contributed by atoms with Crippen LogP contribution in [0.3, 0.4) is 0 Å². The van der Waals surface area contributed by atoms with Crippen LogP contribution in [0.15, 0.2) is 23.1 Å². The minimum Gasteiger partial charge on any atom is -0.490 e. The fourth-order valence-corrected chi connectivity index (χ4v) is 3.79. The number of likely N-dealkylation sites (N-methyl/N-ethyl adjacent to an activating group) is 1. The molecule has 0 spiro atoms. The second kappa shape index (κ2) is 6.06. The molecule has 0 bridgehead atoms. The maximum Gasteiger partial charge on any atom is 0.143 e. The summed E-state index contributed by atoms with van der Waals surface area (Å²) in [6.07, 6.45) is 3.22. The van der Waals surface area contributed by atoms with Crippen LogP contribution >= 0.6 is 11.9 Å². The molecule has 108 valence electrons. The van der Waals surface area contributed by atoms with Gasteiger partial charge in [-0.3, -0.25) is 0 Å². The molecule has 0 N–H and O–H groups in total. The Kier molecular flexibility index (Phi) is 4.17. The largest absolute Gasteiger partial charge is 0.490 e. The molecule has 1 aromatic rings. The third kappa shape index (κ3) is 2.94. The third-order valence-corrected chi connectivity index (χ3v) is 4.93. The van der Waals surface area contributed by atoms with E-state index in [2.05, 4.69) is 34.5 Å². The molecule has 1 atom stereocenters. The molecule has 0 saturated carbocycles. The normalized spacial score (nSPS) is 23.1. The molecule has 1 unspecified atom stereocenters. The molecule has 0 radical (unpaired) electrons. The molecular formula is C15H20N2O2S. The lowest BCUT2D eigenvalue weighted by molar-refractivity contribution is -0.111. The van der Waals surface area contributed by atoms with Crippen LogP contribution in [-0.4, -0.2) is 43.9 Å². The smallest absolute Gasteiger partial charge is 0.143 e. The summed E-state index contributed by atoms with van der Waals surface area (Å²) in [6, 6.07) is 6.37. The van der Waals surface area contributed by atoms with Crippen molar-refractivity contribution in [3.05, 3.63) is 18.2 Å². The summed E-state index contributed by atoms with van der Waals surface area (Å²) in [5, 5.41) is 0. The van der Waals surface area contributed by atoms with E-state index in [1.807, 2.05) is 0 Å². The highest BCUT2D eigenvalue weighted by Crippen LogP contribution is 2.36. The van der Waals surface area contributed by atoms with Gasteiger partial charge in [-0.25, -0.2) is 4.31 Å². The monoisotopic (exact) mass is 292 g/mol. The number of aldehydes is 1. The first-order chi connectivity index (χ1) is 9.76. The van der Waals surface area contributed by atoms with Crippen LogP contribution in [0.1, 0.15) is 12.8 Å². The lowest BCUT2D eigenvalue weighted by atomic mass is 10.0. The highest BCUT2D eigenvalue weighted by molar-refractivity contribution is 7.97. The minimum absolute atomic E-state index is 0.191. The van der Waals surface area contributed by atoms with Gasteiger partial charge in [-0.15, -0.1) is 0 Å². The highest BCUT2D eigenvalue weighted by atomic mass is 32.2. The molecule has 1 saturated heterocycles. The summed E-state index contributed by atoms with van der Waals surface area (Å²) in [5.74, 6) is 1.16. The van der Waals surface area contributed by atoms with Gasteiger partial charge in [-0.1, -0.05) is 0 Å². The van der Waals surface area contributed by atoms with Crippen molar-refractivity contribution in [2.24, 2.45) is 5.92 Å². The molecule has 0 amide bonds. The molecule has 4 nitrogen and oxygen atoms in total. The first-order valence-electron chi connectivity index (χ1n) is 7.12. The van der Waals surface area contributed by atoms with E-state index < -0.39 is 0 Å². The van der Waals surface area contributed by atoms with Crippen molar-refractivity contribution in [1.29, 1.82) is 0 Å². The number of anilines is 1. The van der Waals surface area contributed by atoms with E-state index in [1.54, 1.807) is 11.9 Å². The Morgan fingerprint density at radius 1 is 1.40 bits per heavy atom. The number of carbonyl (C=O) groups excluding carboxylic acids is 1. The van der Waals surface area contributed by atoms with Crippen molar-refractivity contribution in [3.63, 3.8) is 0 Å². The van der Waals surface area contributed by atoms with Gasteiger partial charge in [0.1, 0.15) is 18.6 Å². The Morgan fingerprint density at radius 3 is 3.15 bits per heavy atom. The molecule has 1 aromatic carbocycles. The van der Waals surface area contributed by atoms with Crippen LogP contribution in [0.25, 0.3) is 0 Å².